The highest BCUT2D eigenvalue weighted by molar-refractivity contribution is 7.15. The van der Waals surface area contributed by atoms with Gasteiger partial charge in [-0.1, -0.05) is 34.8 Å². The lowest BCUT2D eigenvalue weighted by Gasteiger charge is -2.12. The lowest BCUT2D eigenvalue weighted by Crippen LogP contribution is -2.06. The second-order valence-electron chi connectivity index (χ2n) is 3.71. The van der Waals surface area contributed by atoms with Crippen molar-refractivity contribution in [3.63, 3.8) is 0 Å². The molecular weight excluding hydrogens is 343 g/mol. The van der Waals surface area contributed by atoms with E-state index in [1.54, 1.807) is 12.3 Å². The van der Waals surface area contributed by atoms with Gasteiger partial charge in [0.2, 0.25) is 0 Å². The molecule has 0 unspecified atom stereocenters. The summed E-state index contributed by atoms with van der Waals surface area (Å²) in [7, 11) is 1.29. The molecule has 0 aliphatic heterocycles. The van der Waals surface area contributed by atoms with E-state index < -0.39 is 5.97 Å². The van der Waals surface area contributed by atoms with Crippen LogP contribution >= 0.6 is 46.1 Å². The molecule has 0 saturated heterocycles. The zero-order valence-corrected chi connectivity index (χ0v) is 13.3. The standard InChI is InChI=1S/C12H9Cl3N2O2S/c1-19-11(18)7-2-3-8(13)10(9(7)14)16-4-6-5-17-12(15)20-6/h2-3,5,16H,4H2,1H3. The number of hydrogen-bond acceptors (Lipinski definition) is 5. The quantitative estimate of drug-likeness (QED) is 0.824. The van der Waals surface area contributed by atoms with Gasteiger partial charge in [0.25, 0.3) is 0 Å². The van der Waals surface area contributed by atoms with Gasteiger partial charge in [0, 0.05) is 11.1 Å². The molecule has 1 heterocycles. The number of nitrogens with zero attached hydrogens (tertiary/aromatic N) is 1. The van der Waals surface area contributed by atoms with E-state index in [2.05, 4.69) is 15.0 Å². The Kier molecular flexibility index (Phi) is 5.10. The number of nitrogens with one attached hydrogen (secondary N) is 1. The average Bonchev–Trinajstić information content (AvgIpc) is 2.83. The summed E-state index contributed by atoms with van der Waals surface area (Å²) in [6.07, 6.45) is 1.66. The third-order valence-electron chi connectivity index (χ3n) is 2.46. The van der Waals surface area contributed by atoms with Crippen LogP contribution in [0.2, 0.25) is 14.5 Å². The minimum atomic E-state index is -0.518. The first-order valence-corrected chi connectivity index (χ1v) is 7.38. The maximum atomic E-state index is 11.6. The van der Waals surface area contributed by atoms with E-state index in [-0.39, 0.29) is 10.6 Å². The number of rotatable bonds is 4. The van der Waals surface area contributed by atoms with E-state index in [1.165, 1.54) is 24.5 Å². The molecule has 0 radical (unpaired) electrons. The molecule has 0 atom stereocenters. The third kappa shape index (κ3) is 3.35. The molecule has 1 N–H and O–H groups in total. The summed E-state index contributed by atoms with van der Waals surface area (Å²) >= 11 is 19.4. The van der Waals surface area contributed by atoms with E-state index in [9.17, 15) is 4.79 Å². The number of benzene rings is 1. The molecule has 0 spiro atoms. The first-order valence-electron chi connectivity index (χ1n) is 5.43. The molecular formula is C12H9Cl3N2O2S. The van der Waals surface area contributed by atoms with Crippen LogP contribution < -0.4 is 5.32 Å². The molecule has 20 heavy (non-hydrogen) atoms. The van der Waals surface area contributed by atoms with Gasteiger partial charge in [-0.25, -0.2) is 9.78 Å². The van der Waals surface area contributed by atoms with E-state index in [4.69, 9.17) is 34.8 Å². The smallest absolute Gasteiger partial charge is 0.339 e. The molecule has 8 heteroatoms. The van der Waals surface area contributed by atoms with Crippen LogP contribution in [0.3, 0.4) is 0 Å². The minimum Gasteiger partial charge on any atom is -0.465 e. The Bertz CT molecular complexity index is 646. The zero-order valence-electron chi connectivity index (χ0n) is 10.2. The molecule has 106 valence electrons. The molecule has 0 aliphatic rings. The van der Waals surface area contributed by atoms with Crippen molar-refractivity contribution in [2.75, 3.05) is 12.4 Å². The summed E-state index contributed by atoms with van der Waals surface area (Å²) in [5.74, 6) is -0.518. The van der Waals surface area contributed by atoms with Gasteiger partial charge in [0.1, 0.15) is 0 Å². The fourth-order valence-electron chi connectivity index (χ4n) is 1.52. The predicted octanol–water partition coefficient (Wildman–Crippen LogP) is 4.50. The van der Waals surface area contributed by atoms with Crippen LogP contribution in [0.1, 0.15) is 15.2 Å². The number of carbonyl (C=O) groups excluding carboxylic acids is 1. The molecule has 2 rings (SSSR count). The Morgan fingerprint density at radius 2 is 2.15 bits per heavy atom. The van der Waals surface area contributed by atoms with Gasteiger partial charge in [-0.15, -0.1) is 11.3 Å². The van der Waals surface area contributed by atoms with Crippen LogP contribution in [0.4, 0.5) is 5.69 Å². The number of methoxy groups -OCH3 is 1. The van der Waals surface area contributed by atoms with Gasteiger partial charge in [-0.3, -0.25) is 0 Å². The largest absolute Gasteiger partial charge is 0.465 e. The van der Waals surface area contributed by atoms with Crippen LogP contribution in [0.5, 0.6) is 0 Å². The number of ether oxygens (including phenoxy) is 1. The lowest BCUT2D eigenvalue weighted by molar-refractivity contribution is 0.0601. The maximum Gasteiger partial charge on any atom is 0.339 e. The normalized spacial score (nSPS) is 10.4. The van der Waals surface area contributed by atoms with Crippen LogP contribution in [0, 0.1) is 0 Å². The van der Waals surface area contributed by atoms with Gasteiger partial charge in [0.05, 0.1) is 35.0 Å². The number of hydrogen-bond donors (Lipinski definition) is 1. The fourth-order valence-corrected chi connectivity index (χ4v) is 3.02. The molecule has 1 aromatic heterocycles. The molecule has 1 aromatic carbocycles. The van der Waals surface area contributed by atoms with Crippen molar-refractivity contribution < 1.29 is 9.53 Å². The second kappa shape index (κ2) is 6.63. The highest BCUT2D eigenvalue weighted by Gasteiger charge is 2.16. The number of anilines is 1. The molecule has 0 amide bonds. The van der Waals surface area contributed by atoms with Gasteiger partial charge in [-0.2, -0.15) is 0 Å². The van der Waals surface area contributed by atoms with Gasteiger partial charge < -0.3 is 10.1 Å². The van der Waals surface area contributed by atoms with Crippen molar-refractivity contribution in [2.45, 2.75) is 6.54 Å². The summed E-state index contributed by atoms with van der Waals surface area (Å²) in [6.45, 7) is 0.453. The Labute approximate surface area is 134 Å². The maximum absolute atomic E-state index is 11.6. The molecule has 0 saturated carbocycles. The van der Waals surface area contributed by atoms with Crippen LogP contribution in [-0.2, 0) is 11.3 Å². The van der Waals surface area contributed by atoms with Gasteiger partial charge in [-0.05, 0) is 12.1 Å². The summed E-state index contributed by atoms with van der Waals surface area (Å²) in [6, 6.07) is 3.10. The number of halogens is 3. The first-order chi connectivity index (χ1) is 9.52. The molecule has 0 aliphatic carbocycles. The SMILES string of the molecule is COC(=O)c1ccc(Cl)c(NCc2cnc(Cl)s2)c1Cl. The van der Waals surface area contributed by atoms with Crippen molar-refractivity contribution in [3.05, 3.63) is 43.3 Å². The fraction of sp³-hybridized carbons (Fsp3) is 0.167. The topological polar surface area (TPSA) is 51.2 Å². The molecule has 0 fully saturated rings. The Balaban J connectivity index is 2.24. The van der Waals surface area contributed by atoms with Crippen molar-refractivity contribution in [1.82, 2.24) is 4.98 Å². The van der Waals surface area contributed by atoms with E-state index in [0.717, 1.165) is 4.88 Å². The van der Waals surface area contributed by atoms with Gasteiger partial charge in [0.15, 0.2) is 4.47 Å². The summed E-state index contributed by atoms with van der Waals surface area (Å²) < 4.78 is 5.12. The predicted molar refractivity (Wildman–Crippen MR) is 82.3 cm³/mol. The minimum absolute atomic E-state index is 0.222. The van der Waals surface area contributed by atoms with E-state index in [1.807, 2.05) is 0 Å². The molecule has 4 nitrogen and oxygen atoms in total. The Morgan fingerprint density at radius 1 is 1.40 bits per heavy atom. The van der Waals surface area contributed by atoms with Crippen molar-refractivity contribution >= 4 is 57.8 Å². The van der Waals surface area contributed by atoms with Crippen LogP contribution in [-0.4, -0.2) is 18.1 Å². The monoisotopic (exact) mass is 350 g/mol. The summed E-state index contributed by atoms with van der Waals surface area (Å²) in [5.41, 5.74) is 0.726. The molecule has 0 bridgehead atoms. The van der Waals surface area contributed by atoms with Crippen molar-refractivity contribution in [1.29, 1.82) is 0 Å². The zero-order chi connectivity index (χ0) is 14.7. The highest BCUT2D eigenvalue weighted by Crippen LogP contribution is 2.34. The second-order valence-corrected chi connectivity index (χ2v) is 6.19. The third-order valence-corrected chi connectivity index (χ3v) is 4.28. The van der Waals surface area contributed by atoms with Crippen LogP contribution in [0.25, 0.3) is 0 Å². The van der Waals surface area contributed by atoms with Gasteiger partial charge >= 0.3 is 5.97 Å². The van der Waals surface area contributed by atoms with E-state index in [0.29, 0.717) is 21.7 Å². The summed E-state index contributed by atoms with van der Waals surface area (Å²) in [5, 5.41) is 3.71. The summed E-state index contributed by atoms with van der Waals surface area (Å²) in [4.78, 5) is 16.4. The lowest BCUT2D eigenvalue weighted by atomic mass is 10.2. The van der Waals surface area contributed by atoms with Crippen molar-refractivity contribution in [3.8, 4) is 0 Å². The number of thiazole rings is 1. The van der Waals surface area contributed by atoms with Crippen molar-refractivity contribution in [2.24, 2.45) is 0 Å². The number of aromatic nitrogens is 1. The van der Waals surface area contributed by atoms with Crippen LogP contribution in [0.15, 0.2) is 18.3 Å². The van der Waals surface area contributed by atoms with E-state index >= 15 is 0 Å². The Hall–Kier alpha value is -1.01. The first kappa shape index (κ1) is 15.4. The average molecular weight is 352 g/mol. The molecule has 2 aromatic rings. The number of carbonyl (C=O) groups is 1. The Morgan fingerprint density at radius 3 is 2.75 bits per heavy atom. The highest BCUT2D eigenvalue weighted by atomic mass is 35.5. The number of esters is 1.